The lowest BCUT2D eigenvalue weighted by molar-refractivity contribution is -0.883. The molecule has 7 heteroatoms. The molecule has 2 aromatic rings. The number of nitrogens with zero attached hydrogens (tertiary/aromatic N) is 2. The van der Waals surface area contributed by atoms with E-state index in [-0.39, 0.29) is 25.0 Å². The Morgan fingerprint density at radius 3 is 2.45 bits per heavy atom. The van der Waals surface area contributed by atoms with Crippen molar-refractivity contribution < 1.29 is 19.2 Å². The number of hydrogen-bond acceptors (Lipinski definition) is 3. The molecule has 0 saturated carbocycles. The van der Waals surface area contributed by atoms with Crippen LogP contribution in [0.3, 0.4) is 0 Å². The second-order valence-corrected chi connectivity index (χ2v) is 7.79. The van der Waals surface area contributed by atoms with Crippen molar-refractivity contribution in [3.8, 4) is 16.9 Å². The van der Waals surface area contributed by atoms with Crippen LogP contribution in [0, 0.1) is 0 Å². The number of carbonyl (C=O) groups excluding carboxylic acids is 2. The highest BCUT2D eigenvalue weighted by molar-refractivity contribution is 6.32. The molecule has 6 nitrogen and oxygen atoms in total. The van der Waals surface area contributed by atoms with Crippen LogP contribution in [-0.4, -0.2) is 75.0 Å². The minimum atomic E-state index is -0.263. The van der Waals surface area contributed by atoms with Crippen molar-refractivity contribution in [3.63, 3.8) is 0 Å². The minimum Gasteiger partial charge on any atom is -0.482 e. The molecule has 1 saturated heterocycles. The Hall–Kier alpha value is -2.57. The largest absolute Gasteiger partial charge is 0.482 e. The van der Waals surface area contributed by atoms with Crippen LogP contribution in [0.25, 0.3) is 11.1 Å². The van der Waals surface area contributed by atoms with Crippen LogP contribution < -0.4 is 9.64 Å². The number of rotatable bonds is 6. The quantitative estimate of drug-likeness (QED) is 0.770. The van der Waals surface area contributed by atoms with Crippen molar-refractivity contribution in [2.24, 2.45) is 0 Å². The number of hydrogen-bond donors (Lipinski definition) is 1. The molecule has 0 radical (unpaired) electrons. The SMILES string of the molecule is CN(CC(=O)N1CC[NH+](C)CC1)C(=O)COc1ccc(-c2ccccc2)cc1Cl. The van der Waals surface area contributed by atoms with Crippen molar-refractivity contribution in [3.05, 3.63) is 53.6 Å². The Bertz CT molecular complexity index is 852. The van der Waals surface area contributed by atoms with Crippen molar-refractivity contribution >= 4 is 23.4 Å². The number of ether oxygens (including phenoxy) is 1. The van der Waals surface area contributed by atoms with Gasteiger partial charge in [-0.3, -0.25) is 9.59 Å². The van der Waals surface area contributed by atoms with Crippen LogP contribution in [0.2, 0.25) is 5.02 Å². The zero-order valence-corrected chi connectivity index (χ0v) is 17.6. The summed E-state index contributed by atoms with van der Waals surface area (Å²) >= 11 is 6.33. The van der Waals surface area contributed by atoms with Crippen molar-refractivity contribution in [2.45, 2.75) is 0 Å². The molecule has 0 spiro atoms. The number of carbonyl (C=O) groups is 2. The van der Waals surface area contributed by atoms with E-state index in [2.05, 4.69) is 7.05 Å². The van der Waals surface area contributed by atoms with Gasteiger partial charge in [0.2, 0.25) is 5.91 Å². The highest BCUT2D eigenvalue weighted by atomic mass is 35.5. The number of halogens is 1. The predicted molar refractivity (Wildman–Crippen MR) is 113 cm³/mol. The van der Waals surface area contributed by atoms with Crippen molar-refractivity contribution in [1.82, 2.24) is 9.80 Å². The third-order valence-corrected chi connectivity index (χ3v) is 5.45. The van der Waals surface area contributed by atoms with Gasteiger partial charge in [-0.15, -0.1) is 0 Å². The summed E-state index contributed by atoms with van der Waals surface area (Å²) in [6, 6.07) is 15.4. The molecule has 0 unspecified atom stereocenters. The number of piperazine rings is 1. The van der Waals surface area contributed by atoms with Gasteiger partial charge in [-0.05, 0) is 23.3 Å². The maximum Gasteiger partial charge on any atom is 0.260 e. The third-order valence-electron chi connectivity index (χ3n) is 5.16. The van der Waals surface area contributed by atoms with E-state index in [9.17, 15) is 9.59 Å². The van der Waals surface area contributed by atoms with E-state index in [0.29, 0.717) is 10.8 Å². The Balaban J connectivity index is 1.51. The number of quaternary nitrogens is 1. The maximum atomic E-state index is 12.4. The first kappa shape index (κ1) is 21.1. The van der Waals surface area contributed by atoms with Gasteiger partial charge in [0.25, 0.3) is 5.91 Å². The molecule has 1 N–H and O–H groups in total. The van der Waals surface area contributed by atoms with Crippen LogP contribution in [-0.2, 0) is 9.59 Å². The average molecular weight is 417 g/mol. The highest BCUT2D eigenvalue weighted by Crippen LogP contribution is 2.30. The number of likely N-dealkylation sites (N-methyl/N-ethyl adjacent to an activating group) is 2. The first-order valence-corrected chi connectivity index (χ1v) is 10.1. The fourth-order valence-electron chi connectivity index (χ4n) is 3.21. The third kappa shape index (κ3) is 5.71. The van der Waals surface area contributed by atoms with Gasteiger partial charge in [0.15, 0.2) is 6.61 Å². The lowest BCUT2D eigenvalue weighted by Gasteiger charge is -2.31. The normalized spacial score (nSPS) is 14.5. The fourth-order valence-corrected chi connectivity index (χ4v) is 3.44. The van der Waals surface area contributed by atoms with Gasteiger partial charge in [-0.2, -0.15) is 0 Å². The summed E-state index contributed by atoms with van der Waals surface area (Å²) in [5.41, 5.74) is 2.03. The second-order valence-electron chi connectivity index (χ2n) is 7.39. The summed E-state index contributed by atoms with van der Waals surface area (Å²) in [6.07, 6.45) is 0. The Morgan fingerprint density at radius 2 is 1.79 bits per heavy atom. The Labute approximate surface area is 176 Å². The van der Waals surface area contributed by atoms with Gasteiger partial charge in [0.1, 0.15) is 5.75 Å². The Morgan fingerprint density at radius 1 is 1.10 bits per heavy atom. The summed E-state index contributed by atoms with van der Waals surface area (Å²) in [7, 11) is 3.73. The van der Waals surface area contributed by atoms with E-state index in [1.165, 1.54) is 9.80 Å². The molecule has 1 aliphatic heterocycles. The van der Waals surface area contributed by atoms with Crippen LogP contribution in [0.4, 0.5) is 0 Å². The fraction of sp³-hybridized carbons (Fsp3) is 0.364. The molecule has 2 amide bonds. The topological polar surface area (TPSA) is 54.3 Å². The molecule has 1 aliphatic rings. The van der Waals surface area contributed by atoms with Gasteiger partial charge in [-0.1, -0.05) is 48.0 Å². The van der Waals surface area contributed by atoms with Crippen LogP contribution in [0.1, 0.15) is 0 Å². The number of benzene rings is 2. The van der Waals surface area contributed by atoms with Gasteiger partial charge < -0.3 is 19.4 Å². The zero-order chi connectivity index (χ0) is 20.8. The van der Waals surface area contributed by atoms with Gasteiger partial charge in [0.05, 0.1) is 44.8 Å². The van der Waals surface area contributed by atoms with E-state index >= 15 is 0 Å². The summed E-state index contributed by atoms with van der Waals surface area (Å²) in [6.45, 7) is 3.22. The maximum absolute atomic E-state index is 12.4. The zero-order valence-electron chi connectivity index (χ0n) is 16.9. The van der Waals surface area contributed by atoms with Gasteiger partial charge >= 0.3 is 0 Å². The molecule has 0 bridgehead atoms. The molecule has 0 atom stereocenters. The summed E-state index contributed by atoms with van der Waals surface area (Å²) in [4.78, 5) is 29.4. The van der Waals surface area contributed by atoms with Crippen LogP contribution >= 0.6 is 11.6 Å². The van der Waals surface area contributed by atoms with Crippen LogP contribution in [0.5, 0.6) is 5.75 Å². The Kier molecular flexibility index (Phi) is 7.12. The molecule has 1 fully saturated rings. The summed E-state index contributed by atoms with van der Waals surface area (Å²) in [5.74, 6) is 0.154. The molecule has 3 rings (SSSR count). The highest BCUT2D eigenvalue weighted by Gasteiger charge is 2.23. The first-order chi connectivity index (χ1) is 13.9. The molecule has 0 aromatic heterocycles. The van der Waals surface area contributed by atoms with Crippen molar-refractivity contribution in [1.29, 1.82) is 0 Å². The van der Waals surface area contributed by atoms with E-state index in [1.54, 1.807) is 13.1 Å². The smallest absolute Gasteiger partial charge is 0.260 e. The molecular formula is C22H27ClN3O3+. The molecule has 154 valence electrons. The lowest BCUT2D eigenvalue weighted by Crippen LogP contribution is -3.12. The summed E-state index contributed by atoms with van der Waals surface area (Å²) in [5, 5.41) is 0.442. The lowest BCUT2D eigenvalue weighted by atomic mass is 10.1. The minimum absolute atomic E-state index is 0.0291. The first-order valence-electron chi connectivity index (χ1n) is 9.75. The molecular weight excluding hydrogens is 390 g/mol. The molecule has 0 aliphatic carbocycles. The van der Waals surface area contributed by atoms with E-state index < -0.39 is 0 Å². The van der Waals surface area contributed by atoms with E-state index in [4.69, 9.17) is 16.3 Å². The van der Waals surface area contributed by atoms with Crippen LogP contribution in [0.15, 0.2) is 48.5 Å². The van der Waals surface area contributed by atoms with E-state index in [1.807, 2.05) is 47.4 Å². The van der Waals surface area contributed by atoms with Crippen molar-refractivity contribution in [2.75, 3.05) is 53.4 Å². The monoisotopic (exact) mass is 416 g/mol. The molecule has 29 heavy (non-hydrogen) atoms. The van der Waals surface area contributed by atoms with E-state index in [0.717, 1.165) is 37.3 Å². The standard InChI is InChI=1S/C22H26ClN3O3/c1-24-10-12-26(13-11-24)21(27)15-25(2)22(28)16-29-20-9-8-18(14-19(20)23)17-6-4-3-5-7-17/h3-9,14H,10-13,15-16H2,1-2H3/p+1. The average Bonchev–Trinajstić information content (AvgIpc) is 2.73. The predicted octanol–water partition coefficient (Wildman–Crippen LogP) is 1.20. The second kappa shape index (κ2) is 9.76. The van der Waals surface area contributed by atoms with Gasteiger partial charge in [-0.25, -0.2) is 0 Å². The number of nitrogens with one attached hydrogen (secondary N) is 1. The summed E-state index contributed by atoms with van der Waals surface area (Å²) < 4.78 is 5.60. The molecule has 2 aromatic carbocycles. The number of amides is 2. The van der Waals surface area contributed by atoms with Gasteiger partial charge in [0, 0.05) is 7.05 Å². The molecule has 1 heterocycles.